The van der Waals surface area contributed by atoms with Gasteiger partial charge in [0.15, 0.2) is 5.78 Å². The van der Waals surface area contributed by atoms with Crippen LogP contribution in [0.3, 0.4) is 0 Å². The van der Waals surface area contributed by atoms with Gasteiger partial charge in [0.05, 0.1) is 0 Å². The van der Waals surface area contributed by atoms with Crippen molar-refractivity contribution in [2.24, 2.45) is 39.9 Å². The van der Waals surface area contributed by atoms with Crippen LogP contribution in [0.1, 0.15) is 78.6 Å². The van der Waals surface area contributed by atoms with E-state index >= 15 is 0 Å². The number of rotatable bonds is 1. The highest BCUT2D eigenvalue weighted by Crippen LogP contribution is 2.72. The highest BCUT2D eigenvalue weighted by atomic mass is 16.1. The number of hydrogen-bond donors (Lipinski definition) is 0. The van der Waals surface area contributed by atoms with Crippen LogP contribution in [0.4, 0.5) is 0 Å². The molecular formula is C24H34O. The van der Waals surface area contributed by atoms with E-state index in [1.54, 1.807) is 0 Å². The van der Waals surface area contributed by atoms with Crippen LogP contribution < -0.4 is 0 Å². The Hall–Kier alpha value is -0.850. The quantitative estimate of drug-likeness (QED) is 0.564. The minimum atomic E-state index is 0.160. The zero-order valence-electron chi connectivity index (χ0n) is 16.3. The van der Waals surface area contributed by atoms with E-state index in [9.17, 15) is 4.79 Å². The molecule has 0 heterocycles. The van der Waals surface area contributed by atoms with Gasteiger partial charge in [0.25, 0.3) is 0 Å². The third kappa shape index (κ3) is 1.94. The van der Waals surface area contributed by atoms with Gasteiger partial charge in [0.1, 0.15) is 0 Å². The lowest BCUT2D eigenvalue weighted by molar-refractivity contribution is -0.111. The minimum absolute atomic E-state index is 0.160. The molecule has 0 saturated heterocycles. The molecule has 0 spiro atoms. The summed E-state index contributed by atoms with van der Waals surface area (Å²) in [7, 11) is 0. The summed E-state index contributed by atoms with van der Waals surface area (Å²) in [5, 5.41) is 0. The van der Waals surface area contributed by atoms with Crippen LogP contribution in [0.25, 0.3) is 0 Å². The summed E-state index contributed by atoms with van der Waals surface area (Å²) in [6.07, 6.45) is 18.7. The summed E-state index contributed by atoms with van der Waals surface area (Å²) in [5.74, 6) is 3.77. The summed E-state index contributed by atoms with van der Waals surface area (Å²) in [6, 6.07) is 0. The lowest BCUT2D eigenvalue weighted by Gasteiger charge is -2.61. The number of carbonyl (C=O) groups is 1. The first-order valence-corrected chi connectivity index (χ1v) is 10.8. The number of fused-ring (bicyclic) bond motifs is 5. The van der Waals surface area contributed by atoms with E-state index in [0.717, 1.165) is 30.1 Å². The summed E-state index contributed by atoms with van der Waals surface area (Å²) >= 11 is 0. The minimum Gasteiger partial charge on any atom is -0.290 e. The first-order valence-electron chi connectivity index (χ1n) is 10.8. The van der Waals surface area contributed by atoms with E-state index in [1.165, 1.54) is 56.9 Å². The second kappa shape index (κ2) is 5.11. The standard InChI is InChI=1S/C24H34O/c1-22-12-9-18(25)15-17(22)7-8-19-20(22)10-14-24(3)21(19)11-13-23(24,2)16-5-4-6-16/h9,12,15-16,19-21H,4-8,10-11,13-14H2,1-3H3/t19?,20-,21-,22-,23+,24-/m0/s1. The van der Waals surface area contributed by atoms with Crippen molar-refractivity contribution in [3.05, 3.63) is 23.8 Å². The third-order valence-corrected chi connectivity index (χ3v) is 10.2. The fraction of sp³-hybridized carbons (Fsp3) is 0.792. The Morgan fingerprint density at radius 1 is 0.920 bits per heavy atom. The van der Waals surface area contributed by atoms with Crippen LogP contribution in [0, 0.1) is 39.9 Å². The summed E-state index contributed by atoms with van der Waals surface area (Å²) in [5.41, 5.74) is 2.75. The van der Waals surface area contributed by atoms with E-state index in [4.69, 9.17) is 0 Å². The van der Waals surface area contributed by atoms with Gasteiger partial charge >= 0.3 is 0 Å². The molecule has 25 heavy (non-hydrogen) atoms. The zero-order chi connectivity index (χ0) is 17.4. The van der Waals surface area contributed by atoms with Crippen molar-refractivity contribution in [1.29, 1.82) is 0 Å². The molecule has 4 saturated carbocycles. The van der Waals surface area contributed by atoms with Crippen molar-refractivity contribution >= 4 is 5.78 Å². The van der Waals surface area contributed by atoms with Gasteiger partial charge in [-0.15, -0.1) is 0 Å². The van der Waals surface area contributed by atoms with Gasteiger partial charge in [-0.2, -0.15) is 0 Å². The molecule has 0 aliphatic heterocycles. The molecular weight excluding hydrogens is 304 g/mol. The van der Waals surface area contributed by atoms with Gasteiger partial charge in [-0.25, -0.2) is 0 Å². The molecule has 5 aliphatic carbocycles. The molecule has 0 amide bonds. The molecule has 0 aromatic heterocycles. The Balaban J connectivity index is 1.49. The van der Waals surface area contributed by atoms with Gasteiger partial charge in [0, 0.05) is 5.41 Å². The Bertz CT molecular complexity index is 668. The van der Waals surface area contributed by atoms with Crippen molar-refractivity contribution in [3.8, 4) is 0 Å². The molecule has 5 aliphatic rings. The molecule has 0 bridgehead atoms. The normalized spacial score (nSPS) is 52.0. The Morgan fingerprint density at radius 3 is 2.36 bits per heavy atom. The average molecular weight is 339 g/mol. The Labute approximate surface area is 153 Å². The fourth-order valence-electron chi connectivity index (χ4n) is 8.22. The first-order chi connectivity index (χ1) is 11.9. The third-order valence-electron chi connectivity index (χ3n) is 10.2. The molecule has 5 rings (SSSR count). The summed E-state index contributed by atoms with van der Waals surface area (Å²) in [6.45, 7) is 7.76. The van der Waals surface area contributed by atoms with Crippen LogP contribution in [-0.2, 0) is 4.79 Å². The van der Waals surface area contributed by atoms with E-state index in [-0.39, 0.29) is 11.2 Å². The Morgan fingerprint density at radius 2 is 1.64 bits per heavy atom. The molecule has 6 atom stereocenters. The van der Waals surface area contributed by atoms with E-state index < -0.39 is 0 Å². The maximum absolute atomic E-state index is 11.9. The molecule has 136 valence electrons. The predicted molar refractivity (Wildman–Crippen MR) is 102 cm³/mol. The van der Waals surface area contributed by atoms with Crippen molar-refractivity contribution < 1.29 is 4.79 Å². The monoisotopic (exact) mass is 338 g/mol. The van der Waals surface area contributed by atoms with Crippen molar-refractivity contribution in [3.63, 3.8) is 0 Å². The molecule has 0 N–H and O–H groups in total. The molecule has 4 fully saturated rings. The lowest BCUT2D eigenvalue weighted by Crippen LogP contribution is -2.53. The maximum atomic E-state index is 11.9. The van der Waals surface area contributed by atoms with Gasteiger partial charge in [-0.05, 0) is 98.0 Å². The first kappa shape index (κ1) is 16.3. The van der Waals surface area contributed by atoms with Crippen molar-refractivity contribution in [2.75, 3.05) is 0 Å². The average Bonchev–Trinajstić information content (AvgIpc) is 2.78. The molecule has 0 radical (unpaired) electrons. The van der Waals surface area contributed by atoms with Crippen molar-refractivity contribution in [1.82, 2.24) is 0 Å². The summed E-state index contributed by atoms with van der Waals surface area (Å²) < 4.78 is 0. The van der Waals surface area contributed by atoms with Crippen LogP contribution in [0.5, 0.6) is 0 Å². The zero-order valence-corrected chi connectivity index (χ0v) is 16.3. The van der Waals surface area contributed by atoms with Crippen LogP contribution in [0.15, 0.2) is 23.8 Å². The van der Waals surface area contributed by atoms with Crippen molar-refractivity contribution in [2.45, 2.75) is 78.6 Å². The molecule has 0 aromatic carbocycles. The summed E-state index contributed by atoms with van der Waals surface area (Å²) in [4.78, 5) is 11.9. The van der Waals surface area contributed by atoms with Crippen LogP contribution in [-0.4, -0.2) is 5.78 Å². The second-order valence-corrected chi connectivity index (χ2v) is 10.6. The molecule has 1 nitrogen and oxygen atoms in total. The van der Waals surface area contributed by atoms with E-state index in [2.05, 4.69) is 26.8 Å². The van der Waals surface area contributed by atoms with Crippen LogP contribution >= 0.6 is 0 Å². The number of carbonyl (C=O) groups excluding carboxylic acids is 1. The highest BCUT2D eigenvalue weighted by Gasteiger charge is 2.64. The smallest absolute Gasteiger partial charge is 0.178 e. The van der Waals surface area contributed by atoms with Crippen LogP contribution in [0.2, 0.25) is 0 Å². The van der Waals surface area contributed by atoms with Gasteiger partial charge in [0.2, 0.25) is 0 Å². The van der Waals surface area contributed by atoms with E-state index in [1.807, 2.05) is 12.2 Å². The molecule has 1 unspecified atom stereocenters. The van der Waals surface area contributed by atoms with Gasteiger partial charge < -0.3 is 0 Å². The van der Waals surface area contributed by atoms with Gasteiger partial charge in [-0.1, -0.05) is 38.8 Å². The largest absolute Gasteiger partial charge is 0.290 e. The highest BCUT2D eigenvalue weighted by molar-refractivity contribution is 6.01. The SMILES string of the molecule is C[C@]12C=CC(=O)C=C1CCC1[C@@H]2CC[C@@]2(C)[C@H]1CC[C@]2(C)C1CCC1. The fourth-order valence-corrected chi connectivity index (χ4v) is 8.22. The number of hydrogen-bond acceptors (Lipinski definition) is 1. The Kier molecular flexibility index (Phi) is 3.34. The molecule has 0 aromatic rings. The van der Waals surface area contributed by atoms with E-state index in [0.29, 0.717) is 10.8 Å². The van der Waals surface area contributed by atoms with Gasteiger partial charge in [-0.3, -0.25) is 4.79 Å². The topological polar surface area (TPSA) is 17.1 Å². The second-order valence-electron chi connectivity index (χ2n) is 10.6. The maximum Gasteiger partial charge on any atom is 0.178 e. The molecule has 1 heteroatoms. The predicted octanol–water partition coefficient (Wildman–Crippen LogP) is 6.10. The number of ketones is 1. The lowest BCUT2D eigenvalue weighted by atomic mass is 9.44. The number of allylic oxidation sites excluding steroid dienone is 4.